The Hall–Kier alpha value is -1.39. The molecule has 1 aliphatic heterocycles. The second-order valence-electron chi connectivity index (χ2n) is 5.25. The number of fused-ring (bicyclic) bond motifs is 3. The largest absolute Gasteiger partial charge is 0.482 e. The van der Waals surface area contributed by atoms with Gasteiger partial charge in [0.1, 0.15) is 11.4 Å². The molecule has 0 unspecified atom stereocenters. The van der Waals surface area contributed by atoms with Crippen molar-refractivity contribution in [2.24, 2.45) is 0 Å². The van der Waals surface area contributed by atoms with Gasteiger partial charge in [-0.3, -0.25) is 0 Å². The summed E-state index contributed by atoms with van der Waals surface area (Å²) in [5.41, 5.74) is 1.92. The van der Waals surface area contributed by atoms with Crippen LogP contribution in [-0.4, -0.2) is 18.6 Å². The Labute approximate surface area is 117 Å². The predicted octanol–water partition coefficient (Wildman–Crippen LogP) is 3.20. The van der Waals surface area contributed by atoms with Gasteiger partial charge in [-0.25, -0.2) is 4.98 Å². The summed E-state index contributed by atoms with van der Waals surface area (Å²) < 4.78 is 6.12. The molecule has 0 bridgehead atoms. The average molecular weight is 274 g/mol. The van der Waals surface area contributed by atoms with Crippen molar-refractivity contribution in [1.29, 1.82) is 0 Å². The van der Waals surface area contributed by atoms with E-state index < -0.39 is 0 Å². The van der Waals surface area contributed by atoms with E-state index in [0.717, 1.165) is 30.0 Å². The number of para-hydroxylation sites is 1. The lowest BCUT2D eigenvalue weighted by Crippen LogP contribution is -2.27. The second-order valence-corrected chi connectivity index (χ2v) is 6.33. The Balaban J connectivity index is 2.09. The molecule has 3 nitrogen and oxygen atoms in total. The maximum Gasteiger partial charge on any atom is 0.140 e. The Bertz CT molecular complexity index is 604. The molecule has 0 atom stereocenters. The van der Waals surface area contributed by atoms with Gasteiger partial charge in [0, 0.05) is 18.5 Å². The molecular weight excluding hydrogens is 256 g/mol. The lowest BCUT2D eigenvalue weighted by atomic mass is 9.97. The van der Waals surface area contributed by atoms with Crippen molar-refractivity contribution >= 4 is 11.3 Å². The number of aromatic nitrogens is 1. The van der Waals surface area contributed by atoms with E-state index in [0.29, 0.717) is 0 Å². The Morgan fingerprint density at radius 2 is 2.11 bits per heavy atom. The molecule has 100 valence electrons. The molecule has 2 aromatic rings. The monoisotopic (exact) mass is 274 g/mol. The normalized spacial score (nSPS) is 15.5. The molecule has 19 heavy (non-hydrogen) atoms. The minimum Gasteiger partial charge on any atom is -0.482 e. The first-order chi connectivity index (χ1) is 9.12. The fourth-order valence-electron chi connectivity index (χ4n) is 2.37. The number of thiazole rings is 1. The van der Waals surface area contributed by atoms with Crippen LogP contribution in [-0.2, 0) is 12.0 Å². The first-order valence-electron chi connectivity index (χ1n) is 6.55. The average Bonchev–Trinajstić information content (AvgIpc) is 2.81. The summed E-state index contributed by atoms with van der Waals surface area (Å²) in [6, 6.07) is 8.16. The van der Waals surface area contributed by atoms with Crippen molar-refractivity contribution in [3.8, 4) is 17.0 Å². The van der Waals surface area contributed by atoms with Gasteiger partial charge in [0.15, 0.2) is 0 Å². The zero-order chi connectivity index (χ0) is 13.5. The number of benzene rings is 1. The number of ether oxygens (including phenoxy) is 1. The van der Waals surface area contributed by atoms with Crippen molar-refractivity contribution in [2.75, 3.05) is 13.6 Å². The van der Waals surface area contributed by atoms with Crippen LogP contribution in [0.2, 0.25) is 0 Å². The van der Waals surface area contributed by atoms with Crippen LogP contribution in [0.25, 0.3) is 11.3 Å². The van der Waals surface area contributed by atoms with Crippen molar-refractivity contribution < 1.29 is 4.74 Å². The molecule has 2 heterocycles. The summed E-state index contributed by atoms with van der Waals surface area (Å²) in [6.45, 7) is 5.18. The van der Waals surface area contributed by atoms with E-state index >= 15 is 0 Å². The van der Waals surface area contributed by atoms with E-state index in [1.165, 1.54) is 9.88 Å². The molecule has 0 saturated carbocycles. The first kappa shape index (κ1) is 12.6. The molecule has 0 saturated heterocycles. The zero-order valence-electron chi connectivity index (χ0n) is 11.5. The van der Waals surface area contributed by atoms with Gasteiger partial charge in [-0.15, -0.1) is 11.3 Å². The fourth-order valence-corrected chi connectivity index (χ4v) is 3.48. The molecule has 0 fully saturated rings. The molecule has 1 aliphatic rings. The highest BCUT2D eigenvalue weighted by molar-refractivity contribution is 7.12. The molecule has 1 aromatic carbocycles. The molecule has 0 radical (unpaired) electrons. The van der Waals surface area contributed by atoms with Crippen LogP contribution < -0.4 is 10.1 Å². The van der Waals surface area contributed by atoms with Gasteiger partial charge < -0.3 is 10.1 Å². The Kier molecular flexibility index (Phi) is 3.07. The number of hydrogen-bond donors (Lipinski definition) is 1. The predicted molar refractivity (Wildman–Crippen MR) is 78.8 cm³/mol. The van der Waals surface area contributed by atoms with Crippen molar-refractivity contribution in [2.45, 2.75) is 25.9 Å². The first-order valence-corrected chi connectivity index (χ1v) is 7.36. The van der Waals surface area contributed by atoms with Crippen LogP contribution in [0.1, 0.15) is 23.7 Å². The Morgan fingerprint density at radius 1 is 1.32 bits per heavy atom. The third kappa shape index (κ3) is 2.15. The van der Waals surface area contributed by atoms with Crippen LogP contribution in [0.4, 0.5) is 0 Å². The van der Waals surface area contributed by atoms with E-state index in [2.05, 4.69) is 25.2 Å². The molecule has 1 aromatic heterocycles. The van der Waals surface area contributed by atoms with E-state index in [9.17, 15) is 0 Å². The molecule has 3 rings (SSSR count). The van der Waals surface area contributed by atoms with Crippen molar-refractivity contribution in [3.63, 3.8) is 0 Å². The van der Waals surface area contributed by atoms with E-state index in [4.69, 9.17) is 9.72 Å². The highest BCUT2D eigenvalue weighted by Crippen LogP contribution is 2.46. The van der Waals surface area contributed by atoms with Crippen molar-refractivity contribution in [3.05, 3.63) is 34.2 Å². The third-order valence-electron chi connectivity index (χ3n) is 3.31. The topological polar surface area (TPSA) is 34.2 Å². The van der Waals surface area contributed by atoms with Crippen LogP contribution in [0.3, 0.4) is 0 Å². The second kappa shape index (κ2) is 4.62. The standard InChI is InChI=1S/C15H18N2OS/c1-15(2)14-13(17-12(19-14)8-9-16-3)10-6-4-5-7-11(10)18-15/h4-7,16H,8-9H2,1-3H3. The maximum absolute atomic E-state index is 6.12. The smallest absolute Gasteiger partial charge is 0.140 e. The van der Waals surface area contributed by atoms with E-state index in [-0.39, 0.29) is 5.60 Å². The SMILES string of the molecule is CNCCc1nc2c(s1)C(C)(C)Oc1ccccc1-2. The quantitative estimate of drug-likeness (QED) is 0.933. The number of nitrogens with one attached hydrogen (secondary N) is 1. The number of rotatable bonds is 3. The van der Waals surface area contributed by atoms with E-state index in [1.54, 1.807) is 11.3 Å². The van der Waals surface area contributed by atoms with Gasteiger partial charge in [0.05, 0.1) is 15.6 Å². The minimum absolute atomic E-state index is 0.292. The molecule has 0 aliphatic carbocycles. The maximum atomic E-state index is 6.12. The van der Waals surface area contributed by atoms with Crippen LogP contribution in [0, 0.1) is 0 Å². The lowest BCUT2D eigenvalue weighted by molar-refractivity contribution is 0.109. The number of likely N-dealkylation sites (N-methyl/N-ethyl adjacent to an activating group) is 1. The highest BCUT2D eigenvalue weighted by atomic mass is 32.1. The van der Waals surface area contributed by atoms with Gasteiger partial charge in [0.25, 0.3) is 0 Å². The van der Waals surface area contributed by atoms with Gasteiger partial charge in [-0.05, 0) is 33.0 Å². The molecule has 0 amide bonds. The summed E-state index contributed by atoms with van der Waals surface area (Å²) in [4.78, 5) is 6.06. The summed E-state index contributed by atoms with van der Waals surface area (Å²) in [6.07, 6.45) is 0.965. The van der Waals surface area contributed by atoms with Crippen LogP contribution in [0.5, 0.6) is 5.75 Å². The van der Waals surface area contributed by atoms with E-state index in [1.807, 2.05) is 25.2 Å². The van der Waals surface area contributed by atoms with Crippen LogP contribution in [0.15, 0.2) is 24.3 Å². The zero-order valence-corrected chi connectivity index (χ0v) is 12.3. The number of hydrogen-bond acceptors (Lipinski definition) is 4. The molecular formula is C15H18N2OS. The fraction of sp³-hybridized carbons (Fsp3) is 0.400. The van der Waals surface area contributed by atoms with Gasteiger partial charge in [-0.1, -0.05) is 12.1 Å². The number of nitrogens with zero attached hydrogens (tertiary/aromatic N) is 1. The highest BCUT2D eigenvalue weighted by Gasteiger charge is 2.35. The molecule has 0 spiro atoms. The third-order valence-corrected chi connectivity index (χ3v) is 4.73. The van der Waals surface area contributed by atoms with Gasteiger partial charge in [0.2, 0.25) is 0 Å². The van der Waals surface area contributed by atoms with Crippen molar-refractivity contribution in [1.82, 2.24) is 10.3 Å². The summed E-state index contributed by atoms with van der Waals surface area (Å²) in [7, 11) is 1.97. The summed E-state index contributed by atoms with van der Waals surface area (Å²) >= 11 is 1.77. The Morgan fingerprint density at radius 3 is 2.89 bits per heavy atom. The molecule has 4 heteroatoms. The van der Waals surface area contributed by atoms with Gasteiger partial charge >= 0.3 is 0 Å². The van der Waals surface area contributed by atoms with Gasteiger partial charge in [-0.2, -0.15) is 0 Å². The summed E-state index contributed by atoms with van der Waals surface area (Å²) in [5.74, 6) is 0.936. The minimum atomic E-state index is -0.292. The molecule has 1 N–H and O–H groups in total. The summed E-state index contributed by atoms with van der Waals surface area (Å²) in [5, 5.41) is 4.35. The lowest BCUT2D eigenvalue weighted by Gasteiger charge is -2.31. The van der Waals surface area contributed by atoms with Crippen LogP contribution >= 0.6 is 11.3 Å².